The molecule has 0 amide bonds. The van der Waals surface area contributed by atoms with Gasteiger partial charge in [-0.3, -0.25) is 4.79 Å². The van der Waals surface area contributed by atoms with E-state index in [0.29, 0.717) is 17.4 Å². The molecule has 0 fully saturated rings. The summed E-state index contributed by atoms with van der Waals surface area (Å²) in [6.45, 7) is 2.61. The highest BCUT2D eigenvalue weighted by atomic mass is 19.4. The van der Waals surface area contributed by atoms with E-state index in [-0.39, 0.29) is 28.7 Å². The SMILES string of the molecule is CC(=O)c1c(-c2nc(NCCCN(C)C)cc(C(F)(F)F)n2)[nH]c2ccccc12. The maximum absolute atomic E-state index is 13.4. The Balaban J connectivity index is 2.07. The number of para-hydroxylation sites is 1. The Morgan fingerprint density at radius 3 is 2.59 bits per heavy atom. The molecule has 0 atom stereocenters. The van der Waals surface area contributed by atoms with Crippen LogP contribution in [0.4, 0.5) is 19.0 Å². The van der Waals surface area contributed by atoms with Crippen molar-refractivity contribution in [1.29, 1.82) is 0 Å². The zero-order valence-corrected chi connectivity index (χ0v) is 16.4. The third-order valence-electron chi connectivity index (χ3n) is 4.39. The van der Waals surface area contributed by atoms with Crippen LogP contribution in [0.3, 0.4) is 0 Å². The molecule has 0 saturated heterocycles. The summed E-state index contributed by atoms with van der Waals surface area (Å²) in [5.74, 6) is -0.385. The van der Waals surface area contributed by atoms with Crippen molar-refractivity contribution in [2.45, 2.75) is 19.5 Å². The summed E-state index contributed by atoms with van der Waals surface area (Å²) in [5.41, 5.74) is 0.0274. The number of aromatic amines is 1. The van der Waals surface area contributed by atoms with Gasteiger partial charge in [-0.1, -0.05) is 18.2 Å². The standard InChI is InChI=1S/C20H22F3N5O/c1-12(29)17-13-7-4-5-8-14(13)25-18(17)19-26-15(20(21,22)23)11-16(27-19)24-9-6-10-28(2)3/h4-5,7-8,11,25H,6,9-10H2,1-3H3,(H,24,26,27). The normalized spacial score (nSPS) is 12.0. The Kier molecular flexibility index (Phi) is 5.88. The molecule has 0 aliphatic carbocycles. The molecule has 0 saturated carbocycles. The molecular formula is C20H22F3N5O. The first kappa shape index (κ1) is 20.8. The zero-order valence-electron chi connectivity index (χ0n) is 16.4. The average Bonchev–Trinajstić information content (AvgIpc) is 3.04. The second kappa shape index (κ2) is 8.20. The molecule has 0 bridgehead atoms. The quantitative estimate of drug-likeness (QED) is 0.455. The van der Waals surface area contributed by atoms with Crippen molar-refractivity contribution in [2.24, 2.45) is 0 Å². The van der Waals surface area contributed by atoms with Crippen LogP contribution >= 0.6 is 0 Å². The van der Waals surface area contributed by atoms with Gasteiger partial charge in [0.25, 0.3) is 0 Å². The van der Waals surface area contributed by atoms with E-state index in [2.05, 4.69) is 20.3 Å². The fourth-order valence-electron chi connectivity index (χ4n) is 3.08. The molecule has 3 aromatic rings. The number of ketones is 1. The van der Waals surface area contributed by atoms with Gasteiger partial charge < -0.3 is 15.2 Å². The first-order valence-electron chi connectivity index (χ1n) is 9.13. The monoisotopic (exact) mass is 405 g/mol. The van der Waals surface area contributed by atoms with E-state index in [4.69, 9.17) is 0 Å². The van der Waals surface area contributed by atoms with Crippen LogP contribution in [0.25, 0.3) is 22.4 Å². The van der Waals surface area contributed by atoms with Crippen molar-refractivity contribution < 1.29 is 18.0 Å². The van der Waals surface area contributed by atoms with E-state index in [1.807, 2.05) is 19.0 Å². The number of fused-ring (bicyclic) bond motifs is 1. The summed E-state index contributed by atoms with van der Waals surface area (Å²) >= 11 is 0. The molecule has 2 aromatic heterocycles. The summed E-state index contributed by atoms with van der Waals surface area (Å²) in [6, 6.07) is 7.91. The van der Waals surface area contributed by atoms with Gasteiger partial charge in [-0.05, 0) is 40.1 Å². The van der Waals surface area contributed by atoms with Gasteiger partial charge in [0.2, 0.25) is 0 Å². The van der Waals surface area contributed by atoms with Crippen LogP contribution in [0.2, 0.25) is 0 Å². The van der Waals surface area contributed by atoms with Crippen LogP contribution < -0.4 is 5.32 Å². The highest BCUT2D eigenvalue weighted by Gasteiger charge is 2.34. The summed E-state index contributed by atoms with van der Waals surface area (Å²) in [5, 5.41) is 3.55. The molecule has 6 nitrogen and oxygen atoms in total. The number of carbonyl (C=O) groups excluding carboxylic acids is 1. The minimum Gasteiger partial charge on any atom is -0.370 e. The number of halogens is 3. The number of rotatable bonds is 7. The molecule has 0 aliphatic rings. The number of nitrogens with zero attached hydrogens (tertiary/aromatic N) is 3. The Hall–Kier alpha value is -2.94. The highest BCUT2D eigenvalue weighted by Crippen LogP contribution is 2.33. The number of carbonyl (C=O) groups is 1. The predicted molar refractivity (Wildman–Crippen MR) is 106 cm³/mol. The molecule has 0 spiro atoms. The van der Waals surface area contributed by atoms with Gasteiger partial charge in [0, 0.05) is 23.5 Å². The van der Waals surface area contributed by atoms with Crippen molar-refractivity contribution >= 4 is 22.5 Å². The Bertz CT molecular complexity index is 1030. The molecule has 1 aromatic carbocycles. The number of alkyl halides is 3. The second-order valence-electron chi connectivity index (χ2n) is 7.02. The predicted octanol–water partition coefficient (Wildman–Crippen LogP) is 4.21. The summed E-state index contributed by atoms with van der Waals surface area (Å²) in [6.07, 6.45) is -3.90. The van der Waals surface area contributed by atoms with Crippen molar-refractivity contribution in [3.05, 3.63) is 41.6 Å². The van der Waals surface area contributed by atoms with Gasteiger partial charge in [-0.25, -0.2) is 9.97 Å². The minimum atomic E-state index is -4.64. The van der Waals surface area contributed by atoms with E-state index in [1.165, 1.54) is 6.92 Å². The van der Waals surface area contributed by atoms with Crippen LogP contribution in [0, 0.1) is 0 Å². The molecule has 9 heteroatoms. The summed E-state index contributed by atoms with van der Waals surface area (Å²) in [7, 11) is 3.84. The number of anilines is 1. The Morgan fingerprint density at radius 1 is 1.21 bits per heavy atom. The molecule has 29 heavy (non-hydrogen) atoms. The maximum atomic E-state index is 13.4. The van der Waals surface area contributed by atoms with Crippen LogP contribution in [0.1, 0.15) is 29.4 Å². The number of benzene rings is 1. The van der Waals surface area contributed by atoms with Gasteiger partial charge >= 0.3 is 6.18 Å². The maximum Gasteiger partial charge on any atom is 0.433 e. The van der Waals surface area contributed by atoms with Gasteiger partial charge in [-0.15, -0.1) is 0 Å². The molecule has 2 N–H and O–H groups in total. The van der Waals surface area contributed by atoms with Gasteiger partial charge in [0.05, 0.1) is 11.3 Å². The fourth-order valence-corrected chi connectivity index (χ4v) is 3.08. The highest BCUT2D eigenvalue weighted by molar-refractivity contribution is 6.11. The van der Waals surface area contributed by atoms with E-state index in [1.54, 1.807) is 24.3 Å². The first-order valence-corrected chi connectivity index (χ1v) is 9.13. The van der Waals surface area contributed by atoms with Gasteiger partial charge in [0.15, 0.2) is 17.3 Å². The van der Waals surface area contributed by atoms with Crippen LogP contribution in [0.5, 0.6) is 0 Å². The van der Waals surface area contributed by atoms with Crippen LogP contribution in [-0.4, -0.2) is 52.8 Å². The van der Waals surface area contributed by atoms with E-state index >= 15 is 0 Å². The van der Waals surface area contributed by atoms with Crippen molar-refractivity contribution in [3.63, 3.8) is 0 Å². The average molecular weight is 405 g/mol. The Morgan fingerprint density at radius 2 is 1.93 bits per heavy atom. The molecule has 2 heterocycles. The lowest BCUT2D eigenvalue weighted by Crippen LogP contribution is -2.17. The third kappa shape index (κ3) is 4.73. The number of hydrogen-bond acceptors (Lipinski definition) is 5. The van der Waals surface area contributed by atoms with E-state index < -0.39 is 11.9 Å². The Labute approximate surface area is 166 Å². The van der Waals surface area contributed by atoms with Crippen molar-refractivity contribution in [2.75, 3.05) is 32.5 Å². The van der Waals surface area contributed by atoms with Crippen molar-refractivity contribution in [1.82, 2.24) is 19.9 Å². The van der Waals surface area contributed by atoms with Crippen LogP contribution in [-0.2, 0) is 6.18 Å². The van der Waals surface area contributed by atoms with Crippen molar-refractivity contribution in [3.8, 4) is 11.5 Å². The van der Waals surface area contributed by atoms with Gasteiger partial charge in [0.1, 0.15) is 5.82 Å². The largest absolute Gasteiger partial charge is 0.433 e. The fraction of sp³-hybridized carbons (Fsp3) is 0.350. The van der Waals surface area contributed by atoms with E-state index in [9.17, 15) is 18.0 Å². The third-order valence-corrected chi connectivity index (χ3v) is 4.39. The molecule has 3 rings (SSSR count). The number of Topliss-reactive ketones (excluding diaryl/α,β-unsaturated/α-hetero) is 1. The zero-order chi connectivity index (χ0) is 21.2. The smallest absolute Gasteiger partial charge is 0.370 e. The topological polar surface area (TPSA) is 73.9 Å². The molecule has 0 radical (unpaired) electrons. The molecule has 0 aliphatic heterocycles. The number of H-pyrrole nitrogens is 1. The summed E-state index contributed by atoms with van der Waals surface area (Å²) in [4.78, 5) is 25.2. The number of nitrogens with one attached hydrogen (secondary N) is 2. The summed E-state index contributed by atoms with van der Waals surface area (Å²) < 4.78 is 40.3. The molecule has 154 valence electrons. The molecular weight excluding hydrogens is 383 g/mol. The van der Waals surface area contributed by atoms with E-state index in [0.717, 1.165) is 19.0 Å². The first-order chi connectivity index (χ1) is 13.7. The lowest BCUT2D eigenvalue weighted by molar-refractivity contribution is -0.141. The molecule has 0 unspecified atom stereocenters. The minimum absolute atomic E-state index is 0.0641. The number of hydrogen-bond donors (Lipinski definition) is 2. The van der Waals surface area contributed by atoms with Gasteiger partial charge in [-0.2, -0.15) is 13.2 Å². The van der Waals surface area contributed by atoms with Crippen LogP contribution in [0.15, 0.2) is 30.3 Å². The lowest BCUT2D eigenvalue weighted by atomic mass is 10.1. The number of aromatic nitrogens is 3. The lowest BCUT2D eigenvalue weighted by Gasteiger charge is -2.13. The second-order valence-corrected chi connectivity index (χ2v) is 7.02.